The lowest BCUT2D eigenvalue weighted by molar-refractivity contribution is 0.0845. The summed E-state index contributed by atoms with van der Waals surface area (Å²) in [6, 6.07) is 4.51. The zero-order valence-corrected chi connectivity index (χ0v) is 15.9. The number of ether oxygens (including phenoxy) is 1. The summed E-state index contributed by atoms with van der Waals surface area (Å²) in [4.78, 5) is 35.2. The van der Waals surface area contributed by atoms with E-state index in [1.807, 2.05) is 6.07 Å². The van der Waals surface area contributed by atoms with Gasteiger partial charge in [-0.2, -0.15) is 0 Å². The molecular weight excluding hydrogens is 360 g/mol. The highest BCUT2D eigenvalue weighted by Crippen LogP contribution is 2.26. The molecule has 4 heterocycles. The third-order valence-corrected chi connectivity index (χ3v) is 5.22. The van der Waals surface area contributed by atoms with Crippen LogP contribution in [-0.2, 0) is 4.74 Å². The first-order valence-corrected chi connectivity index (χ1v) is 9.67. The average molecular weight is 384 g/mol. The van der Waals surface area contributed by atoms with Crippen LogP contribution in [0.4, 0.5) is 5.95 Å². The van der Waals surface area contributed by atoms with E-state index in [2.05, 4.69) is 15.2 Å². The molecule has 2 aliphatic heterocycles. The lowest BCUT2D eigenvalue weighted by Gasteiger charge is -2.23. The molecule has 8 heteroatoms. The van der Waals surface area contributed by atoms with Crippen LogP contribution in [0.1, 0.15) is 47.2 Å². The van der Waals surface area contributed by atoms with Crippen molar-refractivity contribution in [2.24, 2.45) is 0 Å². The van der Waals surface area contributed by atoms with Gasteiger partial charge in [-0.3, -0.25) is 9.59 Å². The first kappa shape index (κ1) is 18.6. The van der Waals surface area contributed by atoms with Crippen molar-refractivity contribution in [2.75, 3.05) is 31.2 Å². The van der Waals surface area contributed by atoms with Crippen molar-refractivity contribution in [2.45, 2.75) is 38.1 Å². The summed E-state index contributed by atoms with van der Waals surface area (Å²) in [5, 5.41) is 2.94. The topological polar surface area (TPSA) is 97.6 Å². The molecule has 0 bridgehead atoms. The highest BCUT2D eigenvalue weighted by molar-refractivity contribution is 5.91. The van der Waals surface area contributed by atoms with E-state index in [0.29, 0.717) is 24.2 Å². The molecule has 2 aliphatic rings. The monoisotopic (exact) mass is 384 g/mol. The van der Waals surface area contributed by atoms with E-state index in [-0.39, 0.29) is 23.1 Å². The second-order valence-corrected chi connectivity index (χ2v) is 7.34. The molecule has 0 aliphatic carbocycles. The van der Waals surface area contributed by atoms with E-state index in [4.69, 9.17) is 14.1 Å². The van der Waals surface area contributed by atoms with Crippen molar-refractivity contribution >= 4 is 11.9 Å². The van der Waals surface area contributed by atoms with Gasteiger partial charge in [-0.05, 0) is 32.3 Å². The second kappa shape index (κ2) is 8.10. The Hall–Kier alpha value is -2.74. The van der Waals surface area contributed by atoms with Crippen LogP contribution >= 0.6 is 0 Å². The molecule has 28 heavy (non-hydrogen) atoms. The van der Waals surface area contributed by atoms with E-state index < -0.39 is 0 Å². The van der Waals surface area contributed by atoms with Gasteiger partial charge in [0.1, 0.15) is 5.76 Å². The molecule has 2 aromatic rings. The lowest BCUT2D eigenvalue weighted by atomic mass is 9.96. The van der Waals surface area contributed by atoms with E-state index in [9.17, 15) is 9.59 Å². The molecule has 1 unspecified atom stereocenters. The predicted molar refractivity (Wildman–Crippen MR) is 103 cm³/mol. The smallest absolute Gasteiger partial charge is 0.287 e. The predicted octanol–water partition coefficient (Wildman–Crippen LogP) is 1.64. The van der Waals surface area contributed by atoms with Gasteiger partial charge < -0.3 is 19.4 Å². The Morgan fingerprint density at radius 1 is 1.25 bits per heavy atom. The highest BCUT2D eigenvalue weighted by atomic mass is 16.5. The molecule has 2 saturated heterocycles. The summed E-state index contributed by atoms with van der Waals surface area (Å²) in [7, 11) is 0. The maximum Gasteiger partial charge on any atom is 0.287 e. The Labute approximate surface area is 162 Å². The number of amides is 1. The van der Waals surface area contributed by atoms with Gasteiger partial charge in [-0.15, -0.1) is 0 Å². The Morgan fingerprint density at radius 3 is 2.86 bits per heavy atom. The largest absolute Gasteiger partial charge is 0.456 e. The lowest BCUT2D eigenvalue weighted by Crippen LogP contribution is -2.37. The van der Waals surface area contributed by atoms with Crippen LogP contribution in [0.25, 0.3) is 0 Å². The molecular formula is C20H24N4O4. The Bertz CT molecular complexity index is 907. The number of rotatable bonds is 4. The fourth-order valence-electron chi connectivity index (χ4n) is 3.77. The molecule has 0 saturated carbocycles. The zero-order chi connectivity index (χ0) is 19.5. The van der Waals surface area contributed by atoms with Gasteiger partial charge >= 0.3 is 0 Å². The van der Waals surface area contributed by atoms with Crippen molar-refractivity contribution in [3.05, 3.63) is 51.8 Å². The number of aromatic nitrogens is 2. The SMILES string of the molecule is Cc1cc(=O)cc(C(=O)NC2CCN(c3nccc(C4CCOCC4)n3)C2)o1. The number of nitrogens with one attached hydrogen (secondary N) is 1. The van der Waals surface area contributed by atoms with Crippen molar-refractivity contribution in [1.82, 2.24) is 15.3 Å². The third-order valence-electron chi connectivity index (χ3n) is 5.22. The van der Waals surface area contributed by atoms with Crippen molar-refractivity contribution in [3.8, 4) is 0 Å². The fourth-order valence-corrected chi connectivity index (χ4v) is 3.77. The Morgan fingerprint density at radius 2 is 2.07 bits per heavy atom. The average Bonchev–Trinajstić information content (AvgIpc) is 3.16. The molecule has 0 spiro atoms. The number of nitrogens with zero attached hydrogens (tertiary/aromatic N) is 3. The number of anilines is 1. The van der Waals surface area contributed by atoms with Crippen LogP contribution in [0, 0.1) is 6.92 Å². The molecule has 1 amide bonds. The summed E-state index contributed by atoms with van der Waals surface area (Å²) in [6.07, 6.45) is 4.56. The minimum atomic E-state index is -0.371. The van der Waals surface area contributed by atoms with Gasteiger partial charge in [-0.25, -0.2) is 9.97 Å². The molecule has 8 nitrogen and oxygen atoms in total. The van der Waals surface area contributed by atoms with Crippen molar-refractivity contribution in [3.63, 3.8) is 0 Å². The number of aryl methyl sites for hydroxylation is 1. The molecule has 0 radical (unpaired) electrons. The second-order valence-electron chi connectivity index (χ2n) is 7.34. The first-order chi connectivity index (χ1) is 13.6. The molecule has 148 valence electrons. The van der Waals surface area contributed by atoms with E-state index in [1.165, 1.54) is 12.1 Å². The van der Waals surface area contributed by atoms with Gasteiger partial charge in [0.05, 0.1) is 0 Å². The minimum absolute atomic E-state index is 0.0428. The van der Waals surface area contributed by atoms with Gasteiger partial charge in [0.15, 0.2) is 11.2 Å². The quantitative estimate of drug-likeness (QED) is 0.856. The van der Waals surface area contributed by atoms with Crippen LogP contribution in [0.3, 0.4) is 0 Å². The summed E-state index contributed by atoms with van der Waals surface area (Å²) in [5.74, 6) is 1.20. The Kier molecular flexibility index (Phi) is 5.38. The number of carbonyl (C=O) groups excluding carboxylic acids is 1. The molecule has 4 rings (SSSR count). The third kappa shape index (κ3) is 4.22. The van der Waals surface area contributed by atoms with E-state index in [1.54, 1.807) is 13.1 Å². The minimum Gasteiger partial charge on any atom is -0.456 e. The fraction of sp³-hybridized carbons (Fsp3) is 0.500. The zero-order valence-electron chi connectivity index (χ0n) is 15.9. The van der Waals surface area contributed by atoms with Crippen molar-refractivity contribution < 1.29 is 13.9 Å². The maximum absolute atomic E-state index is 12.4. The maximum atomic E-state index is 12.4. The molecule has 1 atom stereocenters. The molecule has 0 aromatic carbocycles. The van der Waals surface area contributed by atoms with Gasteiger partial charge in [0, 0.05) is 62.3 Å². The molecule has 1 N–H and O–H groups in total. The Balaban J connectivity index is 1.40. The summed E-state index contributed by atoms with van der Waals surface area (Å²) >= 11 is 0. The first-order valence-electron chi connectivity index (χ1n) is 9.67. The van der Waals surface area contributed by atoms with Gasteiger partial charge in [-0.1, -0.05) is 0 Å². The van der Waals surface area contributed by atoms with Crippen molar-refractivity contribution in [1.29, 1.82) is 0 Å². The van der Waals surface area contributed by atoms with E-state index in [0.717, 1.165) is 44.7 Å². The number of carbonyl (C=O) groups is 1. The van der Waals surface area contributed by atoms with Crippen LogP contribution in [0.2, 0.25) is 0 Å². The number of hydrogen-bond donors (Lipinski definition) is 1. The highest BCUT2D eigenvalue weighted by Gasteiger charge is 2.27. The summed E-state index contributed by atoms with van der Waals surface area (Å²) in [5.41, 5.74) is 0.822. The van der Waals surface area contributed by atoms with E-state index >= 15 is 0 Å². The normalized spacial score (nSPS) is 20.3. The summed E-state index contributed by atoms with van der Waals surface area (Å²) < 4.78 is 10.8. The molecule has 2 fully saturated rings. The number of hydrogen-bond acceptors (Lipinski definition) is 7. The standard InChI is InChI=1S/C20H24N4O4/c1-13-10-16(25)11-18(28-13)19(26)22-15-3-7-24(12-15)20-21-6-2-17(23-20)14-4-8-27-9-5-14/h2,6,10-11,14-15H,3-5,7-9,12H2,1H3,(H,22,26). The summed E-state index contributed by atoms with van der Waals surface area (Å²) in [6.45, 7) is 4.59. The van der Waals surface area contributed by atoms with Gasteiger partial charge in [0.25, 0.3) is 5.91 Å². The van der Waals surface area contributed by atoms with Gasteiger partial charge in [0.2, 0.25) is 5.95 Å². The van der Waals surface area contributed by atoms with Crippen LogP contribution in [-0.4, -0.2) is 48.2 Å². The van der Waals surface area contributed by atoms with Crippen LogP contribution in [0.5, 0.6) is 0 Å². The molecule has 2 aromatic heterocycles. The van der Waals surface area contributed by atoms with Crippen LogP contribution in [0.15, 0.2) is 33.6 Å². The van der Waals surface area contributed by atoms with Crippen LogP contribution < -0.4 is 15.6 Å².